The van der Waals surface area contributed by atoms with Crippen LogP contribution in [0.4, 0.5) is 8.78 Å². The zero-order chi connectivity index (χ0) is 36.3. The largest absolute Gasteiger partial charge is 0.492 e. The van der Waals surface area contributed by atoms with Gasteiger partial charge in [0.1, 0.15) is 34.3 Å². The van der Waals surface area contributed by atoms with Crippen LogP contribution >= 0.6 is 38.6 Å². The van der Waals surface area contributed by atoms with Crippen LogP contribution in [0.15, 0.2) is 28.7 Å². The van der Waals surface area contributed by atoms with Gasteiger partial charge in [0.2, 0.25) is 0 Å². The SMILES string of the molecule is C#CC(C)(C)O.CC(C)(O)C#Cc1cc2c(cc1F)OCCc1sc(C(N)=O)nc1-2.NC(=O)c1nc2c(s1)CCOc1cc(F)c(Br)cc1-2. The summed E-state index contributed by atoms with van der Waals surface area (Å²) in [5.41, 5.74) is 11.0. The molecule has 4 aromatic rings. The van der Waals surface area contributed by atoms with E-state index in [4.69, 9.17) is 32.5 Å². The summed E-state index contributed by atoms with van der Waals surface area (Å²) in [5, 5.41) is 18.8. The molecular formula is C34H31BrF2N4O6S2. The van der Waals surface area contributed by atoms with Gasteiger partial charge in [-0.2, -0.15) is 0 Å². The number of fused-ring (bicyclic) bond motifs is 6. The molecule has 0 saturated carbocycles. The number of primary amides is 2. The van der Waals surface area contributed by atoms with Crippen LogP contribution in [0.5, 0.6) is 11.5 Å². The first-order chi connectivity index (χ1) is 22.9. The van der Waals surface area contributed by atoms with Gasteiger partial charge >= 0.3 is 0 Å². The Bertz CT molecular complexity index is 2030. The number of hydrogen-bond acceptors (Lipinski definition) is 10. The lowest BCUT2D eigenvalue weighted by molar-refractivity contribution is 0.0991. The number of ether oxygens (including phenoxy) is 2. The average molecular weight is 774 g/mol. The fraction of sp³-hybridized carbons (Fsp3) is 0.294. The number of benzene rings is 2. The molecule has 0 saturated heterocycles. The Labute approximate surface area is 297 Å². The third kappa shape index (κ3) is 9.62. The second-order valence-electron chi connectivity index (χ2n) is 11.6. The maximum Gasteiger partial charge on any atom is 0.277 e. The number of halogens is 3. The topological polar surface area (TPSA) is 171 Å². The highest BCUT2D eigenvalue weighted by atomic mass is 79.9. The zero-order valence-electron chi connectivity index (χ0n) is 26.7. The normalized spacial score (nSPS) is 12.7. The third-order valence-electron chi connectivity index (χ3n) is 6.45. The monoisotopic (exact) mass is 772 g/mol. The molecule has 0 atom stereocenters. The Morgan fingerprint density at radius 1 is 0.857 bits per heavy atom. The standard InChI is InChI=1S/C17H15FN2O3S.C12H8BrFN2O2S.C5H8O/c1-17(2,22)5-3-9-7-10-12(8-11(9)18)23-6-4-13-14(10)20-16(24-13)15(19)21;13-6-3-5-8(4-7(6)14)18-2-1-9-10(5)16-12(19-9)11(15)17;1-4-5(2,3)6/h7-8,22H,4,6H2,1-2H3,(H2,19,21);3-4H,1-2H2,(H2,15,17);1,6H,2-3H3. The lowest BCUT2D eigenvalue weighted by Gasteiger charge is -2.09. The van der Waals surface area contributed by atoms with Crippen LogP contribution in [0.3, 0.4) is 0 Å². The van der Waals surface area contributed by atoms with Crippen LogP contribution in [-0.2, 0) is 12.8 Å². The van der Waals surface area contributed by atoms with Gasteiger partial charge in [0, 0.05) is 45.9 Å². The molecule has 0 bridgehead atoms. The lowest BCUT2D eigenvalue weighted by atomic mass is 10.0. The van der Waals surface area contributed by atoms with Crippen LogP contribution in [0.25, 0.3) is 22.5 Å². The van der Waals surface area contributed by atoms with Gasteiger partial charge in [0.15, 0.2) is 10.0 Å². The lowest BCUT2D eigenvalue weighted by Crippen LogP contribution is -2.14. The number of terminal acetylenes is 1. The van der Waals surface area contributed by atoms with Crippen LogP contribution in [0.2, 0.25) is 0 Å². The smallest absolute Gasteiger partial charge is 0.277 e. The van der Waals surface area contributed by atoms with E-state index in [9.17, 15) is 23.5 Å². The maximum absolute atomic E-state index is 14.2. The molecule has 49 heavy (non-hydrogen) atoms. The summed E-state index contributed by atoms with van der Waals surface area (Å²) in [5.74, 6) is 6.07. The van der Waals surface area contributed by atoms with Crippen molar-refractivity contribution in [2.24, 2.45) is 11.5 Å². The Balaban J connectivity index is 0.000000193. The van der Waals surface area contributed by atoms with Crippen molar-refractivity contribution in [1.29, 1.82) is 0 Å². The summed E-state index contributed by atoms with van der Waals surface area (Å²) in [4.78, 5) is 32.9. The molecule has 2 aromatic heterocycles. The second-order valence-corrected chi connectivity index (χ2v) is 14.6. The molecule has 0 spiro atoms. The Morgan fingerprint density at radius 3 is 1.73 bits per heavy atom. The van der Waals surface area contributed by atoms with Gasteiger partial charge in [0.05, 0.1) is 34.6 Å². The molecule has 2 amide bonds. The number of hydrogen-bond donors (Lipinski definition) is 4. The van der Waals surface area contributed by atoms with E-state index in [1.165, 1.54) is 54.7 Å². The molecule has 6 N–H and O–H groups in total. The number of thiazole rings is 2. The van der Waals surface area contributed by atoms with Crippen molar-refractivity contribution in [2.45, 2.75) is 51.7 Å². The van der Waals surface area contributed by atoms with E-state index in [1.54, 1.807) is 19.9 Å². The highest BCUT2D eigenvalue weighted by Crippen LogP contribution is 2.41. The number of amides is 2. The van der Waals surface area contributed by atoms with Gasteiger partial charge in [0.25, 0.3) is 11.8 Å². The molecule has 0 fully saturated rings. The molecule has 0 radical (unpaired) electrons. The quantitative estimate of drug-likeness (QED) is 0.201. The van der Waals surface area contributed by atoms with Gasteiger partial charge in [-0.05, 0) is 55.8 Å². The van der Waals surface area contributed by atoms with E-state index in [0.717, 1.165) is 9.75 Å². The average Bonchev–Trinajstić information content (AvgIpc) is 3.55. The minimum atomic E-state index is -1.24. The predicted molar refractivity (Wildman–Crippen MR) is 186 cm³/mol. The fourth-order valence-corrected chi connectivity index (χ4v) is 6.35. The van der Waals surface area contributed by atoms with E-state index in [0.29, 0.717) is 64.5 Å². The molecule has 2 aliphatic heterocycles. The highest BCUT2D eigenvalue weighted by Gasteiger charge is 2.25. The van der Waals surface area contributed by atoms with Crippen molar-refractivity contribution in [2.75, 3.05) is 13.2 Å². The van der Waals surface area contributed by atoms with Gasteiger partial charge in [-0.3, -0.25) is 9.59 Å². The first kappa shape index (κ1) is 37.4. The molecule has 15 heteroatoms. The summed E-state index contributed by atoms with van der Waals surface area (Å²) < 4.78 is 39.2. The Hall–Kier alpha value is -4.38. The second kappa shape index (κ2) is 15.0. The van der Waals surface area contributed by atoms with Crippen molar-refractivity contribution in [3.8, 4) is 58.2 Å². The minimum absolute atomic E-state index is 0.126. The van der Waals surface area contributed by atoms with Gasteiger partial charge in [-0.1, -0.05) is 17.8 Å². The molecule has 6 rings (SSSR count). The van der Waals surface area contributed by atoms with E-state index in [-0.39, 0.29) is 15.6 Å². The first-order valence-corrected chi connectivity index (χ1v) is 16.9. The highest BCUT2D eigenvalue weighted by molar-refractivity contribution is 9.10. The van der Waals surface area contributed by atoms with E-state index < -0.39 is 34.7 Å². The number of rotatable bonds is 2. The van der Waals surface area contributed by atoms with Crippen molar-refractivity contribution < 1.29 is 38.1 Å². The van der Waals surface area contributed by atoms with Crippen molar-refractivity contribution in [1.82, 2.24) is 9.97 Å². The van der Waals surface area contributed by atoms with Crippen LogP contribution in [-0.4, -0.2) is 56.4 Å². The molecule has 2 aromatic carbocycles. The van der Waals surface area contributed by atoms with Gasteiger partial charge in [-0.25, -0.2) is 18.7 Å². The molecule has 2 aliphatic rings. The molecule has 4 heterocycles. The molecular weight excluding hydrogens is 742 g/mol. The Kier molecular flexibility index (Phi) is 11.5. The van der Waals surface area contributed by atoms with Crippen molar-refractivity contribution >= 4 is 50.4 Å². The summed E-state index contributed by atoms with van der Waals surface area (Å²) in [6, 6.07) is 5.71. The van der Waals surface area contributed by atoms with Crippen molar-refractivity contribution in [3.63, 3.8) is 0 Å². The van der Waals surface area contributed by atoms with E-state index in [2.05, 4.69) is 43.7 Å². The summed E-state index contributed by atoms with van der Waals surface area (Å²) in [6.07, 6.45) is 5.98. The molecule has 0 aliphatic carbocycles. The van der Waals surface area contributed by atoms with Crippen LogP contribution in [0.1, 0.15) is 62.6 Å². The zero-order valence-corrected chi connectivity index (χ0v) is 30.0. The van der Waals surface area contributed by atoms with E-state index >= 15 is 0 Å². The summed E-state index contributed by atoms with van der Waals surface area (Å²) in [7, 11) is 0. The summed E-state index contributed by atoms with van der Waals surface area (Å²) in [6.45, 7) is 6.93. The molecule has 0 unspecified atom stereocenters. The number of nitrogens with zero attached hydrogens (tertiary/aromatic N) is 2. The number of carbonyl (C=O) groups excluding carboxylic acids is 2. The number of carbonyl (C=O) groups is 2. The van der Waals surface area contributed by atoms with Gasteiger partial charge in [-0.15, -0.1) is 29.1 Å². The van der Waals surface area contributed by atoms with Gasteiger partial charge < -0.3 is 31.2 Å². The summed E-state index contributed by atoms with van der Waals surface area (Å²) >= 11 is 5.61. The molecule has 10 nitrogen and oxygen atoms in total. The maximum atomic E-state index is 14.2. The Morgan fingerprint density at radius 2 is 1.31 bits per heavy atom. The third-order valence-corrected chi connectivity index (χ3v) is 9.32. The van der Waals surface area contributed by atoms with Crippen LogP contribution in [0, 0.1) is 35.8 Å². The van der Waals surface area contributed by atoms with Crippen LogP contribution < -0.4 is 20.9 Å². The fourth-order valence-electron chi connectivity index (χ4n) is 4.19. The van der Waals surface area contributed by atoms with Crippen molar-refractivity contribution in [3.05, 3.63) is 65.7 Å². The number of aromatic nitrogens is 2. The number of nitrogens with two attached hydrogens (primary N) is 2. The predicted octanol–water partition coefficient (Wildman–Crippen LogP) is 5.24. The first-order valence-electron chi connectivity index (χ1n) is 14.5. The minimum Gasteiger partial charge on any atom is -0.492 e. The number of aliphatic hydroxyl groups is 2. The van der Waals surface area contributed by atoms with E-state index in [1.807, 2.05) is 0 Å². The molecule has 256 valence electrons.